The van der Waals surface area contributed by atoms with Crippen molar-refractivity contribution in [1.82, 2.24) is 0 Å². The number of unbranched alkanes of at least 4 members (excludes halogenated alkanes) is 1. The number of benzene rings is 1. The highest BCUT2D eigenvalue weighted by Gasteiger charge is 2.08. The number of ether oxygens (including phenoxy) is 2. The first-order valence-corrected chi connectivity index (χ1v) is 7.64. The number of halogens is 1. The summed E-state index contributed by atoms with van der Waals surface area (Å²) in [5.74, 6) is 0.311. The molecule has 0 aromatic heterocycles. The van der Waals surface area contributed by atoms with Crippen molar-refractivity contribution < 1.29 is 14.3 Å². The molecule has 1 rings (SSSR count). The maximum absolute atomic E-state index is 11.4. The minimum absolute atomic E-state index is 0.0665. The monoisotopic (exact) mass is 343 g/mol. The quantitative estimate of drug-likeness (QED) is 0.582. The van der Waals surface area contributed by atoms with Crippen molar-refractivity contribution in [2.75, 3.05) is 13.2 Å². The molecule has 0 fully saturated rings. The largest absolute Gasteiger partial charge is 0.482 e. The van der Waals surface area contributed by atoms with Crippen molar-refractivity contribution in [3.63, 3.8) is 0 Å². The number of hydrogen-bond donors (Lipinski definition) is 1. The molecule has 1 unspecified atom stereocenters. The molecular formula is C15H22BrNO3. The lowest BCUT2D eigenvalue weighted by atomic mass is 10.1. The second-order valence-electron chi connectivity index (χ2n) is 4.80. The zero-order chi connectivity index (χ0) is 15.0. The lowest BCUT2D eigenvalue weighted by Crippen LogP contribution is -2.18. The molecular weight excluding hydrogens is 322 g/mol. The zero-order valence-electron chi connectivity index (χ0n) is 12.0. The molecule has 5 heteroatoms. The molecule has 1 aromatic rings. The van der Waals surface area contributed by atoms with E-state index in [-0.39, 0.29) is 18.6 Å². The van der Waals surface area contributed by atoms with E-state index < -0.39 is 0 Å². The first-order valence-electron chi connectivity index (χ1n) is 6.85. The first kappa shape index (κ1) is 17.0. The van der Waals surface area contributed by atoms with E-state index in [0.29, 0.717) is 12.4 Å². The van der Waals surface area contributed by atoms with Crippen LogP contribution >= 0.6 is 15.9 Å². The predicted molar refractivity (Wildman–Crippen MR) is 82.9 cm³/mol. The van der Waals surface area contributed by atoms with Crippen LogP contribution in [0.25, 0.3) is 0 Å². The molecule has 1 atom stereocenters. The fourth-order valence-electron chi connectivity index (χ4n) is 1.66. The summed E-state index contributed by atoms with van der Waals surface area (Å²) in [5.41, 5.74) is 6.86. The van der Waals surface area contributed by atoms with E-state index in [2.05, 4.69) is 15.9 Å². The highest BCUT2D eigenvalue weighted by molar-refractivity contribution is 9.10. The summed E-state index contributed by atoms with van der Waals surface area (Å²) < 4.78 is 11.5. The fourth-order valence-corrected chi connectivity index (χ4v) is 2.07. The Kier molecular flexibility index (Phi) is 7.62. The van der Waals surface area contributed by atoms with E-state index >= 15 is 0 Å². The van der Waals surface area contributed by atoms with E-state index in [9.17, 15) is 4.79 Å². The van der Waals surface area contributed by atoms with Crippen molar-refractivity contribution in [1.29, 1.82) is 0 Å². The summed E-state index contributed by atoms with van der Waals surface area (Å²) in [4.78, 5) is 11.4. The van der Waals surface area contributed by atoms with Gasteiger partial charge in [-0.1, -0.05) is 29.3 Å². The van der Waals surface area contributed by atoms with Crippen LogP contribution < -0.4 is 10.5 Å². The molecule has 2 N–H and O–H groups in total. The van der Waals surface area contributed by atoms with Gasteiger partial charge in [0.1, 0.15) is 5.75 Å². The lowest BCUT2D eigenvalue weighted by molar-refractivity contribution is -0.146. The molecule has 4 nitrogen and oxygen atoms in total. The molecule has 0 aliphatic heterocycles. The van der Waals surface area contributed by atoms with Crippen molar-refractivity contribution >= 4 is 21.9 Å². The minimum atomic E-state index is -0.338. The Labute approximate surface area is 128 Å². The van der Waals surface area contributed by atoms with E-state index in [1.165, 1.54) is 0 Å². The van der Waals surface area contributed by atoms with Gasteiger partial charge in [0.05, 0.1) is 6.61 Å². The molecule has 1 aromatic carbocycles. The maximum atomic E-state index is 11.4. The number of esters is 1. The molecule has 0 amide bonds. The molecule has 0 bridgehead atoms. The number of carbonyl (C=O) groups excluding carboxylic acids is 1. The average molecular weight is 344 g/mol. The van der Waals surface area contributed by atoms with E-state index in [1.807, 2.05) is 32.0 Å². The Bertz CT molecular complexity index is 435. The van der Waals surface area contributed by atoms with Crippen molar-refractivity contribution in [3.05, 3.63) is 28.2 Å². The normalized spacial score (nSPS) is 12.0. The van der Waals surface area contributed by atoms with Crippen LogP contribution in [0.2, 0.25) is 0 Å². The average Bonchev–Trinajstić information content (AvgIpc) is 2.39. The molecule has 0 spiro atoms. The van der Waals surface area contributed by atoms with E-state index in [1.54, 1.807) is 0 Å². The Morgan fingerprint density at radius 2 is 2.20 bits per heavy atom. The van der Waals surface area contributed by atoms with Crippen LogP contribution in [0.4, 0.5) is 0 Å². The van der Waals surface area contributed by atoms with Gasteiger partial charge in [-0.3, -0.25) is 0 Å². The second-order valence-corrected chi connectivity index (χ2v) is 5.65. The van der Waals surface area contributed by atoms with Gasteiger partial charge < -0.3 is 15.2 Å². The Morgan fingerprint density at radius 1 is 1.45 bits per heavy atom. The molecule has 0 radical (unpaired) electrons. The van der Waals surface area contributed by atoms with Gasteiger partial charge in [0.25, 0.3) is 0 Å². The van der Waals surface area contributed by atoms with Gasteiger partial charge in [-0.25, -0.2) is 4.79 Å². The van der Waals surface area contributed by atoms with Crippen LogP contribution in [-0.2, 0) is 16.0 Å². The lowest BCUT2D eigenvalue weighted by Gasteiger charge is -2.11. The molecule has 0 aliphatic carbocycles. The number of rotatable bonds is 8. The highest BCUT2D eigenvalue weighted by atomic mass is 79.9. The molecule has 0 saturated heterocycles. The van der Waals surface area contributed by atoms with Gasteiger partial charge >= 0.3 is 5.97 Å². The molecule has 0 heterocycles. The van der Waals surface area contributed by atoms with Crippen LogP contribution in [0.3, 0.4) is 0 Å². The first-order chi connectivity index (χ1) is 9.52. The fraction of sp³-hybridized carbons (Fsp3) is 0.533. The van der Waals surface area contributed by atoms with Gasteiger partial charge in [0.15, 0.2) is 6.61 Å². The number of nitrogens with two attached hydrogens (primary N) is 1. The number of hydrogen-bond acceptors (Lipinski definition) is 4. The third-order valence-corrected chi connectivity index (χ3v) is 3.45. The predicted octanol–water partition coefficient (Wildman–Crippen LogP) is 3.06. The molecule has 0 saturated carbocycles. The molecule has 0 aliphatic rings. The van der Waals surface area contributed by atoms with Gasteiger partial charge in [-0.2, -0.15) is 0 Å². The highest BCUT2D eigenvalue weighted by Crippen LogP contribution is 2.23. The molecule has 112 valence electrons. The summed E-state index contributed by atoms with van der Waals surface area (Å²) >= 11 is 3.48. The van der Waals surface area contributed by atoms with Crippen LogP contribution in [0.1, 0.15) is 32.3 Å². The Morgan fingerprint density at radius 3 is 2.85 bits per heavy atom. The van der Waals surface area contributed by atoms with E-state index in [4.69, 9.17) is 15.2 Å². The topological polar surface area (TPSA) is 61.5 Å². The Hall–Kier alpha value is -1.07. The summed E-state index contributed by atoms with van der Waals surface area (Å²) in [6.45, 7) is 4.38. The van der Waals surface area contributed by atoms with E-state index in [0.717, 1.165) is 29.3 Å². The zero-order valence-corrected chi connectivity index (χ0v) is 13.6. The summed E-state index contributed by atoms with van der Waals surface area (Å²) in [5, 5.41) is 0. The van der Waals surface area contributed by atoms with Crippen LogP contribution in [-0.4, -0.2) is 25.2 Å². The summed E-state index contributed by atoms with van der Waals surface area (Å²) in [6, 6.07) is 5.68. The Balaban J connectivity index is 2.49. The van der Waals surface area contributed by atoms with Crippen LogP contribution in [0, 0.1) is 0 Å². The number of carbonyl (C=O) groups is 1. The smallest absolute Gasteiger partial charge is 0.344 e. The van der Waals surface area contributed by atoms with Gasteiger partial charge in [0.2, 0.25) is 0 Å². The van der Waals surface area contributed by atoms with Crippen molar-refractivity contribution in [2.24, 2.45) is 5.73 Å². The van der Waals surface area contributed by atoms with Crippen molar-refractivity contribution in [2.45, 2.75) is 39.2 Å². The van der Waals surface area contributed by atoms with Crippen LogP contribution in [0.15, 0.2) is 22.7 Å². The van der Waals surface area contributed by atoms with Gasteiger partial charge in [-0.15, -0.1) is 0 Å². The molecule has 20 heavy (non-hydrogen) atoms. The minimum Gasteiger partial charge on any atom is -0.482 e. The van der Waals surface area contributed by atoms with Gasteiger partial charge in [0, 0.05) is 10.5 Å². The third kappa shape index (κ3) is 6.39. The van der Waals surface area contributed by atoms with Crippen LogP contribution in [0.5, 0.6) is 5.75 Å². The SMILES string of the molecule is CCCCOC(=O)COc1ccc(Br)c(CC(C)N)c1. The summed E-state index contributed by atoms with van der Waals surface area (Å²) in [7, 11) is 0. The third-order valence-electron chi connectivity index (χ3n) is 2.68. The standard InChI is InChI=1S/C15H22BrNO3/c1-3-4-7-19-15(18)10-20-13-5-6-14(16)12(9-13)8-11(2)17/h5-6,9,11H,3-4,7-8,10,17H2,1-2H3. The van der Waals surface area contributed by atoms with Crippen molar-refractivity contribution in [3.8, 4) is 5.75 Å². The second kappa shape index (κ2) is 8.97. The maximum Gasteiger partial charge on any atom is 0.344 e. The van der Waals surface area contributed by atoms with Gasteiger partial charge in [-0.05, 0) is 43.5 Å². The summed E-state index contributed by atoms with van der Waals surface area (Å²) in [6.07, 6.45) is 2.63.